The molecule has 0 atom stereocenters. The van der Waals surface area contributed by atoms with Crippen LogP contribution in [0.1, 0.15) is 10.4 Å². The van der Waals surface area contributed by atoms with Crippen LogP contribution in [0.5, 0.6) is 0 Å². The fourth-order valence-corrected chi connectivity index (χ4v) is 2.30. The van der Waals surface area contributed by atoms with Gasteiger partial charge in [0.1, 0.15) is 0 Å². The number of halogens is 1. The number of benzene rings is 1. The van der Waals surface area contributed by atoms with E-state index in [2.05, 4.69) is 31.2 Å². The molecule has 4 nitrogen and oxygen atoms in total. The van der Waals surface area contributed by atoms with Crippen molar-refractivity contribution in [2.75, 3.05) is 5.32 Å². The van der Waals surface area contributed by atoms with Crippen LogP contribution in [0.2, 0.25) is 0 Å². The Bertz CT molecular complexity index is 783. The third-order valence-corrected chi connectivity index (χ3v) is 3.53. The number of pyridine rings is 2. The number of nitrogens with one attached hydrogen (secondary N) is 1. The molecule has 1 amide bonds. The first kappa shape index (κ1) is 12.7. The highest BCUT2D eigenvalue weighted by atomic mass is 79.9. The molecular formula is C15H10BrN3O. The molecule has 0 saturated carbocycles. The lowest BCUT2D eigenvalue weighted by Gasteiger charge is -2.08. The average Bonchev–Trinajstić information content (AvgIpc) is 2.49. The van der Waals surface area contributed by atoms with E-state index >= 15 is 0 Å². The predicted octanol–water partition coefficient (Wildman–Crippen LogP) is 3.64. The van der Waals surface area contributed by atoms with Crippen molar-refractivity contribution in [2.24, 2.45) is 0 Å². The van der Waals surface area contributed by atoms with Crippen LogP contribution < -0.4 is 5.32 Å². The summed E-state index contributed by atoms with van der Waals surface area (Å²) in [6.07, 6.45) is 4.94. The number of anilines is 1. The molecule has 0 spiro atoms. The molecule has 0 fully saturated rings. The van der Waals surface area contributed by atoms with E-state index in [9.17, 15) is 4.79 Å². The van der Waals surface area contributed by atoms with E-state index in [0.29, 0.717) is 16.8 Å². The van der Waals surface area contributed by atoms with Gasteiger partial charge in [0, 0.05) is 24.0 Å². The first-order valence-electron chi connectivity index (χ1n) is 6.00. The summed E-state index contributed by atoms with van der Waals surface area (Å²) in [5, 5.41) is 3.79. The molecular weight excluding hydrogens is 318 g/mol. The average molecular weight is 328 g/mol. The number of hydrogen-bond donors (Lipinski definition) is 1. The van der Waals surface area contributed by atoms with Gasteiger partial charge in [0.25, 0.3) is 5.91 Å². The van der Waals surface area contributed by atoms with Gasteiger partial charge in [-0.25, -0.2) is 0 Å². The smallest absolute Gasteiger partial charge is 0.257 e. The summed E-state index contributed by atoms with van der Waals surface area (Å²) in [6, 6.07) is 11.1. The lowest BCUT2D eigenvalue weighted by molar-refractivity contribution is 0.102. The Kier molecular flexibility index (Phi) is 3.43. The summed E-state index contributed by atoms with van der Waals surface area (Å²) >= 11 is 3.35. The second-order valence-corrected chi connectivity index (χ2v) is 5.04. The highest BCUT2D eigenvalue weighted by Gasteiger charge is 2.12. The van der Waals surface area contributed by atoms with Crippen LogP contribution in [-0.2, 0) is 0 Å². The van der Waals surface area contributed by atoms with Crippen LogP contribution in [0.3, 0.4) is 0 Å². The quantitative estimate of drug-likeness (QED) is 0.781. The minimum atomic E-state index is -0.193. The minimum absolute atomic E-state index is 0.193. The van der Waals surface area contributed by atoms with E-state index < -0.39 is 0 Å². The Labute approximate surface area is 124 Å². The van der Waals surface area contributed by atoms with Crippen LogP contribution in [0, 0.1) is 0 Å². The van der Waals surface area contributed by atoms with E-state index in [0.717, 1.165) is 9.86 Å². The normalized spacial score (nSPS) is 10.4. The van der Waals surface area contributed by atoms with Gasteiger partial charge < -0.3 is 5.32 Å². The zero-order valence-corrected chi connectivity index (χ0v) is 12.0. The molecule has 98 valence electrons. The maximum Gasteiger partial charge on any atom is 0.257 e. The minimum Gasteiger partial charge on any atom is -0.321 e. The van der Waals surface area contributed by atoms with Crippen molar-refractivity contribution in [3.05, 3.63) is 65.0 Å². The molecule has 5 heteroatoms. The molecule has 3 aromatic rings. The third-order valence-electron chi connectivity index (χ3n) is 2.90. The largest absolute Gasteiger partial charge is 0.321 e. The Morgan fingerprint density at radius 2 is 1.95 bits per heavy atom. The molecule has 0 aliphatic rings. The van der Waals surface area contributed by atoms with Crippen LogP contribution in [-0.4, -0.2) is 15.9 Å². The summed E-state index contributed by atoms with van der Waals surface area (Å²) in [5.74, 6) is -0.193. The number of para-hydroxylation sites is 1. The van der Waals surface area contributed by atoms with Crippen LogP contribution >= 0.6 is 15.9 Å². The summed E-state index contributed by atoms with van der Waals surface area (Å²) < 4.78 is 0.738. The molecule has 20 heavy (non-hydrogen) atoms. The summed E-state index contributed by atoms with van der Waals surface area (Å²) in [5.41, 5.74) is 1.92. The van der Waals surface area contributed by atoms with E-state index in [-0.39, 0.29) is 5.91 Å². The van der Waals surface area contributed by atoms with Crippen molar-refractivity contribution in [3.63, 3.8) is 0 Å². The molecule has 1 N–H and O–H groups in total. The van der Waals surface area contributed by atoms with Gasteiger partial charge in [-0.1, -0.05) is 18.2 Å². The summed E-state index contributed by atoms with van der Waals surface area (Å²) in [6.45, 7) is 0. The molecule has 0 bridgehead atoms. The van der Waals surface area contributed by atoms with Gasteiger partial charge in [0.2, 0.25) is 0 Å². The second kappa shape index (κ2) is 5.38. The zero-order valence-electron chi connectivity index (χ0n) is 10.4. The van der Waals surface area contributed by atoms with Gasteiger partial charge in [-0.2, -0.15) is 0 Å². The van der Waals surface area contributed by atoms with Crippen molar-refractivity contribution in [3.8, 4) is 0 Å². The molecule has 0 aliphatic carbocycles. The van der Waals surface area contributed by atoms with E-state index in [4.69, 9.17) is 0 Å². The van der Waals surface area contributed by atoms with E-state index in [1.807, 2.05) is 24.3 Å². The number of aromatic nitrogens is 2. The lowest BCUT2D eigenvalue weighted by Crippen LogP contribution is -2.13. The number of rotatable bonds is 2. The molecule has 3 rings (SSSR count). The van der Waals surface area contributed by atoms with Gasteiger partial charge in [-0.15, -0.1) is 0 Å². The van der Waals surface area contributed by atoms with Crippen molar-refractivity contribution in [1.82, 2.24) is 9.97 Å². The monoisotopic (exact) mass is 327 g/mol. The number of carbonyl (C=O) groups excluding carboxylic acids is 1. The van der Waals surface area contributed by atoms with Crippen LogP contribution in [0.15, 0.2) is 59.5 Å². The fraction of sp³-hybridized carbons (Fsp3) is 0. The Balaban J connectivity index is 1.99. The molecule has 1 aromatic carbocycles. The highest BCUT2D eigenvalue weighted by Crippen LogP contribution is 2.22. The molecule has 0 aliphatic heterocycles. The number of hydrogen-bond acceptors (Lipinski definition) is 3. The van der Waals surface area contributed by atoms with E-state index in [1.54, 1.807) is 30.7 Å². The topological polar surface area (TPSA) is 54.9 Å². The van der Waals surface area contributed by atoms with Gasteiger partial charge in [0.05, 0.1) is 21.2 Å². The van der Waals surface area contributed by atoms with Gasteiger partial charge >= 0.3 is 0 Å². The SMILES string of the molecule is O=C(Nc1ccncc1Br)c1cccc2cccnc12. The fourth-order valence-electron chi connectivity index (χ4n) is 1.95. The Morgan fingerprint density at radius 1 is 1.10 bits per heavy atom. The molecule has 2 aromatic heterocycles. The van der Waals surface area contributed by atoms with Gasteiger partial charge in [0.15, 0.2) is 0 Å². The zero-order chi connectivity index (χ0) is 13.9. The van der Waals surface area contributed by atoms with Crippen LogP contribution in [0.4, 0.5) is 5.69 Å². The van der Waals surface area contributed by atoms with Crippen molar-refractivity contribution in [1.29, 1.82) is 0 Å². The van der Waals surface area contributed by atoms with Gasteiger partial charge in [-0.3, -0.25) is 14.8 Å². The van der Waals surface area contributed by atoms with Crippen molar-refractivity contribution in [2.45, 2.75) is 0 Å². The summed E-state index contributed by atoms with van der Waals surface area (Å²) in [7, 11) is 0. The maximum atomic E-state index is 12.4. The number of nitrogens with zero attached hydrogens (tertiary/aromatic N) is 2. The standard InChI is InChI=1S/C15H10BrN3O/c16-12-9-17-8-6-13(12)19-15(20)11-5-1-3-10-4-2-7-18-14(10)11/h1-9H,(H,17,19,20). The molecule has 2 heterocycles. The first-order valence-corrected chi connectivity index (χ1v) is 6.79. The molecule has 0 saturated heterocycles. The molecule has 0 radical (unpaired) electrons. The van der Waals surface area contributed by atoms with Gasteiger partial charge in [-0.05, 0) is 34.1 Å². The number of fused-ring (bicyclic) bond motifs is 1. The lowest BCUT2D eigenvalue weighted by atomic mass is 10.1. The van der Waals surface area contributed by atoms with Crippen molar-refractivity contribution >= 4 is 38.4 Å². The number of carbonyl (C=O) groups is 1. The maximum absolute atomic E-state index is 12.4. The molecule has 0 unspecified atom stereocenters. The predicted molar refractivity (Wildman–Crippen MR) is 81.6 cm³/mol. The Hall–Kier alpha value is -2.27. The first-order chi connectivity index (χ1) is 9.75. The Morgan fingerprint density at radius 3 is 2.80 bits per heavy atom. The third kappa shape index (κ3) is 2.40. The van der Waals surface area contributed by atoms with Crippen LogP contribution in [0.25, 0.3) is 10.9 Å². The van der Waals surface area contributed by atoms with Crippen molar-refractivity contribution < 1.29 is 4.79 Å². The summed E-state index contributed by atoms with van der Waals surface area (Å²) in [4.78, 5) is 20.6. The number of amides is 1. The second-order valence-electron chi connectivity index (χ2n) is 4.19. The highest BCUT2D eigenvalue weighted by molar-refractivity contribution is 9.10. The van der Waals surface area contributed by atoms with E-state index in [1.165, 1.54) is 0 Å².